The largest absolute Gasteiger partial charge is 0.374 e. The van der Waals surface area contributed by atoms with E-state index in [1.54, 1.807) is 31.3 Å². The zero-order chi connectivity index (χ0) is 13.7. The Labute approximate surface area is 112 Å². The fourth-order valence-corrected chi connectivity index (χ4v) is 1.90. The molecule has 1 N–H and O–H groups in total. The smallest absolute Gasteiger partial charge is 0.176 e. The Morgan fingerprint density at radius 1 is 1.21 bits per heavy atom. The molecule has 2 aromatic rings. The molecule has 2 aromatic heterocycles. The first-order chi connectivity index (χ1) is 9.26. The topological polar surface area (TPSA) is 61.2 Å². The van der Waals surface area contributed by atoms with Crippen molar-refractivity contribution in [2.45, 2.75) is 19.3 Å². The van der Waals surface area contributed by atoms with Gasteiger partial charge in [-0.3, -0.25) is 0 Å². The van der Waals surface area contributed by atoms with Gasteiger partial charge in [0, 0.05) is 32.8 Å². The van der Waals surface area contributed by atoms with Crippen LogP contribution in [0.3, 0.4) is 0 Å². The molecule has 0 saturated heterocycles. The van der Waals surface area contributed by atoms with Crippen LogP contribution in [0.5, 0.6) is 0 Å². The molecule has 0 aromatic carbocycles. The molecule has 0 spiro atoms. The summed E-state index contributed by atoms with van der Waals surface area (Å²) in [6, 6.07) is 5.66. The average molecular weight is 262 g/mol. The van der Waals surface area contributed by atoms with Crippen LogP contribution in [0.15, 0.2) is 36.8 Å². The Bertz CT molecular complexity index is 497. The van der Waals surface area contributed by atoms with Gasteiger partial charge in [-0.2, -0.15) is 5.10 Å². The van der Waals surface area contributed by atoms with Crippen molar-refractivity contribution < 1.29 is 9.47 Å². The summed E-state index contributed by atoms with van der Waals surface area (Å²) in [6.45, 7) is 1.98. The van der Waals surface area contributed by atoms with Crippen molar-refractivity contribution in [3.63, 3.8) is 0 Å². The van der Waals surface area contributed by atoms with Gasteiger partial charge in [0.05, 0.1) is 11.7 Å². The van der Waals surface area contributed by atoms with E-state index in [2.05, 4.69) is 15.4 Å². The van der Waals surface area contributed by atoms with E-state index in [1.807, 2.05) is 31.3 Å². The molecule has 102 valence electrons. The molecule has 0 aliphatic rings. The monoisotopic (exact) mass is 262 g/mol. The fraction of sp³-hybridized carbons (Fsp3) is 0.385. The minimum Gasteiger partial charge on any atom is -0.374 e. The van der Waals surface area contributed by atoms with Crippen molar-refractivity contribution in [2.75, 3.05) is 19.5 Å². The van der Waals surface area contributed by atoms with Crippen LogP contribution < -0.4 is 5.32 Å². The van der Waals surface area contributed by atoms with Crippen LogP contribution in [0.25, 0.3) is 5.82 Å². The summed E-state index contributed by atoms with van der Waals surface area (Å²) in [5.74, 6) is 0.741. The number of aromatic nitrogens is 3. The SMILES string of the molecule is COC(OC)C(C)Nc1cccnc1-n1cccn1. The zero-order valence-corrected chi connectivity index (χ0v) is 11.3. The first-order valence-electron chi connectivity index (χ1n) is 6.03. The summed E-state index contributed by atoms with van der Waals surface area (Å²) in [4.78, 5) is 4.34. The van der Waals surface area contributed by atoms with Crippen LogP contribution in [0.1, 0.15) is 6.92 Å². The number of hydrogen-bond acceptors (Lipinski definition) is 5. The van der Waals surface area contributed by atoms with E-state index >= 15 is 0 Å². The average Bonchev–Trinajstić information content (AvgIpc) is 2.94. The van der Waals surface area contributed by atoms with E-state index in [9.17, 15) is 0 Å². The van der Waals surface area contributed by atoms with Crippen molar-refractivity contribution in [1.29, 1.82) is 0 Å². The maximum atomic E-state index is 5.24. The molecule has 0 fully saturated rings. The predicted molar refractivity (Wildman–Crippen MR) is 72.2 cm³/mol. The summed E-state index contributed by atoms with van der Waals surface area (Å²) in [5, 5.41) is 7.52. The Hall–Kier alpha value is -1.92. The van der Waals surface area contributed by atoms with Gasteiger partial charge in [-0.1, -0.05) is 0 Å². The highest BCUT2D eigenvalue weighted by atomic mass is 16.7. The van der Waals surface area contributed by atoms with Crippen molar-refractivity contribution >= 4 is 5.69 Å². The van der Waals surface area contributed by atoms with E-state index in [0.29, 0.717) is 0 Å². The maximum absolute atomic E-state index is 5.24. The number of nitrogens with zero attached hydrogens (tertiary/aromatic N) is 3. The number of hydrogen-bond donors (Lipinski definition) is 1. The molecule has 0 aliphatic heterocycles. The van der Waals surface area contributed by atoms with Gasteiger partial charge in [-0.05, 0) is 25.1 Å². The molecular formula is C13H18N4O2. The lowest BCUT2D eigenvalue weighted by atomic mass is 10.3. The molecular weight excluding hydrogens is 244 g/mol. The minimum atomic E-state index is -0.328. The van der Waals surface area contributed by atoms with Crippen LogP contribution in [0.2, 0.25) is 0 Å². The van der Waals surface area contributed by atoms with Gasteiger partial charge in [-0.25, -0.2) is 9.67 Å². The number of anilines is 1. The van der Waals surface area contributed by atoms with Crippen LogP contribution in [-0.4, -0.2) is 41.3 Å². The van der Waals surface area contributed by atoms with Gasteiger partial charge in [0.2, 0.25) is 0 Å². The molecule has 0 radical (unpaired) electrons. The molecule has 1 unspecified atom stereocenters. The molecule has 0 aliphatic carbocycles. The van der Waals surface area contributed by atoms with Crippen LogP contribution >= 0.6 is 0 Å². The number of pyridine rings is 1. The molecule has 1 atom stereocenters. The Kier molecular flexibility index (Phi) is 4.48. The molecule has 6 heteroatoms. The fourth-order valence-electron chi connectivity index (χ4n) is 1.90. The second-order valence-corrected chi connectivity index (χ2v) is 4.10. The van der Waals surface area contributed by atoms with Gasteiger partial charge in [0.1, 0.15) is 0 Å². The van der Waals surface area contributed by atoms with E-state index in [4.69, 9.17) is 9.47 Å². The normalized spacial score (nSPS) is 12.6. The Balaban J connectivity index is 2.21. The number of ether oxygens (including phenoxy) is 2. The van der Waals surface area contributed by atoms with Crippen LogP contribution in [-0.2, 0) is 9.47 Å². The first kappa shape index (κ1) is 13.5. The number of methoxy groups -OCH3 is 2. The van der Waals surface area contributed by atoms with Crippen molar-refractivity contribution in [3.8, 4) is 5.82 Å². The molecule has 0 bridgehead atoms. The minimum absolute atomic E-state index is 0.0199. The zero-order valence-electron chi connectivity index (χ0n) is 11.3. The third kappa shape index (κ3) is 3.10. The van der Waals surface area contributed by atoms with Gasteiger partial charge in [0.15, 0.2) is 12.1 Å². The van der Waals surface area contributed by atoms with Crippen LogP contribution in [0.4, 0.5) is 5.69 Å². The van der Waals surface area contributed by atoms with Crippen molar-refractivity contribution in [3.05, 3.63) is 36.8 Å². The lowest BCUT2D eigenvalue weighted by Gasteiger charge is -2.23. The standard InChI is InChI=1S/C13H18N4O2/c1-10(13(18-2)19-3)16-11-6-4-7-14-12(11)17-9-5-8-15-17/h4-10,13,16H,1-3H3. The van der Waals surface area contributed by atoms with Gasteiger partial charge in [0.25, 0.3) is 0 Å². The highest BCUT2D eigenvalue weighted by molar-refractivity contribution is 5.56. The summed E-state index contributed by atoms with van der Waals surface area (Å²) < 4.78 is 12.2. The summed E-state index contributed by atoms with van der Waals surface area (Å²) >= 11 is 0. The molecule has 2 rings (SSSR count). The highest BCUT2D eigenvalue weighted by Gasteiger charge is 2.17. The molecule has 2 heterocycles. The van der Waals surface area contributed by atoms with E-state index in [1.165, 1.54) is 0 Å². The lowest BCUT2D eigenvalue weighted by molar-refractivity contribution is -0.109. The summed E-state index contributed by atoms with van der Waals surface area (Å²) in [6.07, 6.45) is 4.97. The third-order valence-electron chi connectivity index (χ3n) is 2.76. The van der Waals surface area contributed by atoms with E-state index in [-0.39, 0.29) is 12.3 Å². The first-order valence-corrected chi connectivity index (χ1v) is 6.03. The second kappa shape index (κ2) is 6.31. The highest BCUT2D eigenvalue weighted by Crippen LogP contribution is 2.18. The van der Waals surface area contributed by atoms with Gasteiger partial charge in [-0.15, -0.1) is 0 Å². The second-order valence-electron chi connectivity index (χ2n) is 4.10. The number of rotatable bonds is 6. The van der Waals surface area contributed by atoms with Crippen LogP contribution in [0, 0.1) is 0 Å². The molecule has 19 heavy (non-hydrogen) atoms. The number of nitrogens with one attached hydrogen (secondary N) is 1. The Morgan fingerprint density at radius 3 is 2.63 bits per heavy atom. The van der Waals surface area contributed by atoms with Gasteiger partial charge < -0.3 is 14.8 Å². The van der Waals surface area contributed by atoms with E-state index < -0.39 is 0 Å². The lowest BCUT2D eigenvalue weighted by Crippen LogP contribution is -2.34. The van der Waals surface area contributed by atoms with E-state index in [0.717, 1.165) is 11.5 Å². The third-order valence-corrected chi connectivity index (χ3v) is 2.76. The Morgan fingerprint density at radius 2 is 2.00 bits per heavy atom. The molecule has 6 nitrogen and oxygen atoms in total. The van der Waals surface area contributed by atoms with Crippen molar-refractivity contribution in [2.24, 2.45) is 0 Å². The predicted octanol–water partition coefficient (Wildman–Crippen LogP) is 1.69. The quantitative estimate of drug-likeness (QED) is 0.803. The van der Waals surface area contributed by atoms with Crippen molar-refractivity contribution in [1.82, 2.24) is 14.8 Å². The molecule has 0 amide bonds. The molecule has 0 saturated carbocycles. The van der Waals surface area contributed by atoms with Gasteiger partial charge >= 0.3 is 0 Å². The maximum Gasteiger partial charge on any atom is 0.176 e. The summed E-state index contributed by atoms with van der Waals surface area (Å²) in [5.41, 5.74) is 0.873. The summed E-state index contributed by atoms with van der Waals surface area (Å²) in [7, 11) is 3.23.